The first-order valence-electron chi connectivity index (χ1n) is 16.9. The topological polar surface area (TPSA) is 118 Å². The van der Waals surface area contributed by atoms with Crippen LogP contribution in [0.1, 0.15) is 88.0 Å². The molecule has 3 saturated heterocycles. The number of benzene rings is 2. The fourth-order valence-corrected chi connectivity index (χ4v) is 6.79. The highest BCUT2D eigenvalue weighted by Gasteiger charge is 2.48. The second kappa shape index (κ2) is 15.2. The van der Waals surface area contributed by atoms with Crippen LogP contribution in [0.5, 0.6) is 0 Å². The minimum Gasteiger partial charge on any atom is -0.459 e. The zero-order valence-electron chi connectivity index (χ0n) is 28.4. The third kappa shape index (κ3) is 8.99. The molecule has 0 bridgehead atoms. The Balaban J connectivity index is 1.29. The average Bonchev–Trinajstić information content (AvgIpc) is 3.74. The van der Waals surface area contributed by atoms with Crippen molar-refractivity contribution in [3.8, 4) is 0 Å². The van der Waals surface area contributed by atoms with Gasteiger partial charge >= 0.3 is 18.1 Å². The normalized spacial score (nSPS) is 26.5. The van der Waals surface area contributed by atoms with Crippen molar-refractivity contribution in [2.24, 2.45) is 5.92 Å². The predicted octanol–water partition coefficient (Wildman–Crippen LogP) is 4.95. The number of carbonyl (C=O) groups excluding carboxylic acids is 3. The van der Waals surface area contributed by atoms with Crippen molar-refractivity contribution in [1.82, 2.24) is 15.1 Å². The fraction of sp³-hybridized carbons (Fsp3) is 0.583. The lowest BCUT2D eigenvalue weighted by Gasteiger charge is -2.43. The van der Waals surface area contributed by atoms with Crippen LogP contribution in [0.25, 0.3) is 0 Å². The summed E-state index contributed by atoms with van der Waals surface area (Å²) in [6, 6.07) is 13.3. The van der Waals surface area contributed by atoms with Gasteiger partial charge in [0.15, 0.2) is 6.29 Å². The highest BCUT2D eigenvalue weighted by Crippen LogP contribution is 2.42. The summed E-state index contributed by atoms with van der Waals surface area (Å²) in [6.45, 7) is 8.74. The zero-order chi connectivity index (χ0) is 35.5. The lowest BCUT2D eigenvalue weighted by molar-refractivity contribution is -0.276. The van der Waals surface area contributed by atoms with E-state index < -0.39 is 35.9 Å². The zero-order valence-corrected chi connectivity index (χ0v) is 28.4. The van der Waals surface area contributed by atoms with Gasteiger partial charge in [0.25, 0.3) is 0 Å². The maximum atomic E-state index is 13.1. The quantitative estimate of drug-likeness (QED) is 0.356. The number of ether oxygens (including phenoxy) is 3. The van der Waals surface area contributed by atoms with Gasteiger partial charge in [-0.2, -0.15) is 13.2 Å². The number of nitrogens with zero attached hydrogens (tertiary/aromatic N) is 2. The maximum absolute atomic E-state index is 13.1. The van der Waals surface area contributed by atoms with Crippen molar-refractivity contribution in [2.45, 2.75) is 109 Å². The Labute approximate surface area is 284 Å². The van der Waals surface area contributed by atoms with Crippen LogP contribution >= 0.6 is 0 Å². The van der Waals surface area contributed by atoms with E-state index in [4.69, 9.17) is 14.2 Å². The summed E-state index contributed by atoms with van der Waals surface area (Å²) in [4.78, 5) is 40.4. The minimum atomic E-state index is -5.03. The predicted molar refractivity (Wildman–Crippen MR) is 172 cm³/mol. The number of carbonyl (C=O) groups is 3. The summed E-state index contributed by atoms with van der Waals surface area (Å²) in [5.74, 6) is -2.96. The van der Waals surface area contributed by atoms with Gasteiger partial charge in [0, 0.05) is 31.1 Å². The van der Waals surface area contributed by atoms with Crippen molar-refractivity contribution >= 4 is 17.8 Å². The average molecular weight is 690 g/mol. The van der Waals surface area contributed by atoms with Gasteiger partial charge in [-0.3, -0.25) is 19.3 Å². The van der Waals surface area contributed by atoms with Gasteiger partial charge in [-0.25, -0.2) is 0 Å². The van der Waals surface area contributed by atoms with E-state index in [0.717, 1.165) is 29.7 Å². The monoisotopic (exact) mass is 689 g/mol. The molecule has 49 heavy (non-hydrogen) atoms. The summed E-state index contributed by atoms with van der Waals surface area (Å²) < 4.78 is 57.9. The molecule has 0 unspecified atom stereocenters. The molecule has 0 aliphatic carbocycles. The molecule has 3 fully saturated rings. The minimum absolute atomic E-state index is 0.0660. The van der Waals surface area contributed by atoms with E-state index in [-0.39, 0.29) is 56.3 Å². The number of aliphatic hydroxyl groups is 1. The lowest BCUT2D eigenvalue weighted by Crippen LogP contribution is -2.50. The molecular formula is C36H46F3N3O7. The molecule has 0 aromatic heterocycles. The summed E-state index contributed by atoms with van der Waals surface area (Å²) in [5.41, 5.74) is 2.55. The van der Waals surface area contributed by atoms with Crippen molar-refractivity contribution < 1.29 is 46.9 Å². The van der Waals surface area contributed by atoms with E-state index in [0.29, 0.717) is 29.8 Å². The molecule has 3 aliphatic heterocycles. The molecule has 0 spiro atoms. The second-order valence-electron chi connectivity index (χ2n) is 14.1. The first-order chi connectivity index (χ1) is 23.1. The van der Waals surface area contributed by atoms with Crippen molar-refractivity contribution in [2.75, 3.05) is 19.6 Å². The first-order valence-corrected chi connectivity index (χ1v) is 16.9. The van der Waals surface area contributed by atoms with E-state index in [1.807, 2.05) is 57.2 Å². The van der Waals surface area contributed by atoms with Crippen molar-refractivity contribution in [1.29, 1.82) is 0 Å². The van der Waals surface area contributed by atoms with E-state index in [9.17, 15) is 32.7 Å². The Morgan fingerprint density at radius 2 is 1.51 bits per heavy atom. The molecule has 3 heterocycles. The fourth-order valence-electron chi connectivity index (χ4n) is 6.79. The Kier molecular flexibility index (Phi) is 11.4. The summed E-state index contributed by atoms with van der Waals surface area (Å²) in [5, 5.41) is 12.2. The summed E-state index contributed by atoms with van der Waals surface area (Å²) in [7, 11) is 0. The number of nitrogens with one attached hydrogen (secondary N) is 1. The van der Waals surface area contributed by atoms with Crippen LogP contribution in [0.2, 0.25) is 0 Å². The highest BCUT2D eigenvalue weighted by molar-refractivity contribution is 5.90. The molecule has 5 rings (SSSR count). The van der Waals surface area contributed by atoms with Crippen LogP contribution in [0.3, 0.4) is 0 Å². The van der Waals surface area contributed by atoms with E-state index in [1.54, 1.807) is 12.1 Å². The number of aliphatic hydroxyl groups excluding tert-OH is 1. The SMILES string of the molecule is C[C@@H]1[C@H](CN2CCC[C@H]2C(=O)OC(C)(C)C)O[C@H](c2ccc(CNC(=O)[C@@H]3CCCN3C(=O)C(F)(F)F)cc2)O[C@@H]1c1ccc(CO)cc1. The number of esters is 1. The van der Waals surface area contributed by atoms with Crippen molar-refractivity contribution in [3.05, 3.63) is 70.8 Å². The van der Waals surface area contributed by atoms with Gasteiger partial charge in [-0.05, 0) is 69.7 Å². The largest absolute Gasteiger partial charge is 0.471 e. The molecule has 3 aliphatic rings. The van der Waals surface area contributed by atoms with Crippen LogP contribution in [0.4, 0.5) is 13.2 Å². The van der Waals surface area contributed by atoms with Gasteiger partial charge in [0.1, 0.15) is 17.7 Å². The van der Waals surface area contributed by atoms with E-state index in [2.05, 4.69) is 17.1 Å². The number of hydrogen-bond donors (Lipinski definition) is 2. The molecule has 2 aromatic carbocycles. The van der Waals surface area contributed by atoms with Crippen LogP contribution in [0, 0.1) is 5.92 Å². The van der Waals surface area contributed by atoms with Crippen LogP contribution in [-0.4, -0.2) is 82.3 Å². The third-order valence-electron chi connectivity index (χ3n) is 9.36. The molecule has 0 saturated carbocycles. The lowest BCUT2D eigenvalue weighted by atomic mass is 9.90. The van der Waals surface area contributed by atoms with Gasteiger partial charge in [0.2, 0.25) is 5.91 Å². The maximum Gasteiger partial charge on any atom is 0.471 e. The Morgan fingerprint density at radius 1 is 0.898 bits per heavy atom. The summed E-state index contributed by atoms with van der Waals surface area (Å²) in [6.07, 6.45) is -4.39. The van der Waals surface area contributed by atoms with Gasteiger partial charge in [-0.15, -0.1) is 0 Å². The van der Waals surface area contributed by atoms with Crippen molar-refractivity contribution in [3.63, 3.8) is 0 Å². The number of likely N-dealkylation sites (tertiary alicyclic amines) is 2. The first kappa shape index (κ1) is 36.8. The number of rotatable bonds is 9. The molecule has 2 amide bonds. The van der Waals surface area contributed by atoms with Crippen LogP contribution < -0.4 is 5.32 Å². The smallest absolute Gasteiger partial charge is 0.459 e. The summed E-state index contributed by atoms with van der Waals surface area (Å²) >= 11 is 0. The number of halogens is 3. The number of amides is 2. The Bertz CT molecular complexity index is 1460. The van der Waals surface area contributed by atoms with Gasteiger partial charge in [0.05, 0.1) is 18.8 Å². The molecular weight excluding hydrogens is 643 g/mol. The molecule has 268 valence electrons. The molecule has 2 N–H and O–H groups in total. The number of alkyl halides is 3. The molecule has 10 nitrogen and oxygen atoms in total. The Hall–Kier alpha value is -3.52. The van der Waals surface area contributed by atoms with Crippen LogP contribution in [-0.2, 0) is 41.7 Å². The molecule has 13 heteroatoms. The molecule has 0 radical (unpaired) electrons. The molecule has 2 aromatic rings. The Morgan fingerprint density at radius 3 is 2.14 bits per heavy atom. The van der Waals surface area contributed by atoms with Gasteiger partial charge in [-0.1, -0.05) is 55.5 Å². The molecule has 6 atom stereocenters. The van der Waals surface area contributed by atoms with Crippen LogP contribution in [0.15, 0.2) is 48.5 Å². The second-order valence-corrected chi connectivity index (χ2v) is 14.1. The van der Waals surface area contributed by atoms with E-state index >= 15 is 0 Å². The highest BCUT2D eigenvalue weighted by atomic mass is 19.4. The van der Waals surface area contributed by atoms with E-state index in [1.165, 1.54) is 0 Å². The standard InChI is InChI=1S/C36H46F3N3O7/c1-22-29(20-41-17-5-8-28(41)32(45)49-35(2,3)4)47-33(48-30(22)25-13-11-24(21-43)12-14-25)26-15-9-23(10-16-26)19-40-31(44)27-7-6-18-42(27)34(46)36(37,38)39/h9-16,22,27-30,33,43H,5-8,17-21H2,1-4H3,(H,40,44)/t22-,27+,28+,29+,30+,33+/m1/s1. The number of hydrogen-bond acceptors (Lipinski definition) is 8. The third-order valence-corrected chi connectivity index (χ3v) is 9.36. The van der Waals surface area contributed by atoms with Gasteiger partial charge < -0.3 is 29.5 Å².